The molecule has 3 rings (SSSR count). The van der Waals surface area contributed by atoms with E-state index in [1.165, 1.54) is 0 Å². The van der Waals surface area contributed by atoms with Gasteiger partial charge in [-0.1, -0.05) is 0 Å². The van der Waals surface area contributed by atoms with Crippen molar-refractivity contribution in [2.24, 2.45) is 0 Å². The van der Waals surface area contributed by atoms with Crippen molar-refractivity contribution in [3.05, 3.63) is 17.7 Å². The number of hydrogen-bond acceptors (Lipinski definition) is 4. The summed E-state index contributed by atoms with van der Waals surface area (Å²) in [7, 11) is 0. The lowest BCUT2D eigenvalue weighted by Gasteiger charge is -2.24. The number of benzene rings is 1. The van der Waals surface area contributed by atoms with E-state index in [-0.39, 0.29) is 17.9 Å². The van der Waals surface area contributed by atoms with E-state index in [0.717, 1.165) is 30.6 Å². The van der Waals surface area contributed by atoms with Crippen LogP contribution in [0.25, 0.3) is 0 Å². The fraction of sp³-hybridized carbons (Fsp3) is 0.385. The summed E-state index contributed by atoms with van der Waals surface area (Å²) < 4.78 is 0. The molecule has 1 atom stereocenters. The Balaban J connectivity index is 1.83. The molecule has 0 aliphatic carbocycles. The Morgan fingerprint density at radius 1 is 1.32 bits per heavy atom. The Morgan fingerprint density at radius 3 is 2.95 bits per heavy atom. The van der Waals surface area contributed by atoms with Gasteiger partial charge in [-0.05, 0) is 30.5 Å². The minimum absolute atomic E-state index is 0.00446. The van der Waals surface area contributed by atoms with Crippen molar-refractivity contribution in [1.29, 1.82) is 0 Å². The summed E-state index contributed by atoms with van der Waals surface area (Å²) in [5.74, 6) is -0.0304. The Labute approximate surface area is 110 Å². The minimum atomic E-state index is -0.258. The Bertz CT molecular complexity index is 556. The van der Waals surface area contributed by atoms with Crippen LogP contribution in [0.4, 0.5) is 17.1 Å². The molecule has 1 aromatic carbocycles. The van der Waals surface area contributed by atoms with Crippen LogP contribution >= 0.6 is 0 Å². The van der Waals surface area contributed by atoms with Crippen molar-refractivity contribution < 1.29 is 9.59 Å². The zero-order chi connectivity index (χ0) is 13.4. The van der Waals surface area contributed by atoms with Crippen LogP contribution in [-0.4, -0.2) is 24.4 Å². The van der Waals surface area contributed by atoms with Crippen molar-refractivity contribution in [2.75, 3.05) is 22.9 Å². The number of carbonyl (C=O) groups is 2. The van der Waals surface area contributed by atoms with Crippen molar-refractivity contribution >= 4 is 28.9 Å². The second kappa shape index (κ2) is 4.46. The maximum Gasteiger partial charge on any atom is 0.242 e. The second-order valence-electron chi connectivity index (χ2n) is 4.95. The highest BCUT2D eigenvalue weighted by atomic mass is 16.2. The maximum atomic E-state index is 11.7. The molecule has 2 aliphatic heterocycles. The lowest BCUT2D eigenvalue weighted by molar-refractivity contribution is -0.123. The van der Waals surface area contributed by atoms with Crippen LogP contribution < -0.4 is 21.7 Å². The highest BCUT2D eigenvalue weighted by Gasteiger charge is 2.24. The standard InChI is InChI=1S/C13H16N4O2/c14-8-4-7-5-12(18)17-10(7)6-11(8)16-9-2-1-3-15-13(9)19/h4,6,9,16H,1-3,5,14H2,(H,15,19)(H,17,18). The van der Waals surface area contributed by atoms with Crippen LogP contribution in [0.2, 0.25) is 0 Å². The van der Waals surface area contributed by atoms with Crippen molar-refractivity contribution in [1.82, 2.24) is 5.32 Å². The van der Waals surface area contributed by atoms with Gasteiger partial charge in [0.15, 0.2) is 0 Å². The third kappa shape index (κ3) is 2.21. The first-order valence-electron chi connectivity index (χ1n) is 6.40. The van der Waals surface area contributed by atoms with Crippen LogP contribution in [0, 0.1) is 0 Å². The fourth-order valence-corrected chi connectivity index (χ4v) is 2.52. The molecule has 2 amide bonds. The molecule has 1 unspecified atom stereocenters. The Morgan fingerprint density at radius 2 is 2.16 bits per heavy atom. The van der Waals surface area contributed by atoms with E-state index in [0.29, 0.717) is 17.8 Å². The van der Waals surface area contributed by atoms with Crippen LogP contribution in [0.3, 0.4) is 0 Å². The van der Waals surface area contributed by atoms with Gasteiger partial charge >= 0.3 is 0 Å². The molecule has 6 nitrogen and oxygen atoms in total. The summed E-state index contributed by atoms with van der Waals surface area (Å²) in [5.41, 5.74) is 8.91. The fourth-order valence-electron chi connectivity index (χ4n) is 2.52. The van der Waals surface area contributed by atoms with Gasteiger partial charge in [0.25, 0.3) is 0 Å². The van der Waals surface area contributed by atoms with E-state index >= 15 is 0 Å². The van der Waals surface area contributed by atoms with E-state index in [1.54, 1.807) is 12.1 Å². The third-order valence-corrected chi connectivity index (χ3v) is 3.52. The zero-order valence-corrected chi connectivity index (χ0v) is 10.5. The molecule has 0 radical (unpaired) electrons. The SMILES string of the molecule is Nc1cc2c(cc1NC1CCCNC1=O)NC(=O)C2. The lowest BCUT2D eigenvalue weighted by atomic mass is 10.1. The van der Waals surface area contributed by atoms with Crippen LogP contribution in [-0.2, 0) is 16.0 Å². The molecular weight excluding hydrogens is 244 g/mol. The van der Waals surface area contributed by atoms with E-state index < -0.39 is 0 Å². The Kier molecular flexibility index (Phi) is 2.77. The number of amides is 2. The summed E-state index contributed by atoms with van der Waals surface area (Å²) in [6.07, 6.45) is 2.10. The summed E-state index contributed by atoms with van der Waals surface area (Å²) >= 11 is 0. The lowest BCUT2D eigenvalue weighted by Crippen LogP contribution is -2.44. The van der Waals surface area contributed by atoms with Gasteiger partial charge in [-0.2, -0.15) is 0 Å². The van der Waals surface area contributed by atoms with Gasteiger partial charge in [0.05, 0.1) is 17.8 Å². The number of piperidine rings is 1. The number of nitrogens with one attached hydrogen (secondary N) is 3. The predicted octanol–water partition coefficient (Wildman–Crippen LogP) is 0.454. The van der Waals surface area contributed by atoms with Crippen LogP contribution in [0.15, 0.2) is 12.1 Å². The van der Waals surface area contributed by atoms with Gasteiger partial charge in [-0.25, -0.2) is 0 Å². The van der Waals surface area contributed by atoms with E-state index in [4.69, 9.17) is 5.73 Å². The van der Waals surface area contributed by atoms with Gasteiger partial charge in [-0.15, -0.1) is 0 Å². The highest BCUT2D eigenvalue weighted by molar-refractivity contribution is 6.01. The average molecular weight is 260 g/mol. The zero-order valence-electron chi connectivity index (χ0n) is 10.5. The molecule has 5 N–H and O–H groups in total. The van der Waals surface area contributed by atoms with E-state index in [9.17, 15) is 9.59 Å². The first kappa shape index (κ1) is 11.8. The first-order valence-corrected chi connectivity index (χ1v) is 6.40. The topological polar surface area (TPSA) is 96.2 Å². The van der Waals surface area contributed by atoms with E-state index in [2.05, 4.69) is 16.0 Å². The number of nitrogens with two attached hydrogens (primary N) is 1. The van der Waals surface area contributed by atoms with Gasteiger partial charge in [0.2, 0.25) is 11.8 Å². The molecular formula is C13H16N4O2. The van der Waals surface area contributed by atoms with Crippen molar-refractivity contribution in [3.63, 3.8) is 0 Å². The number of fused-ring (bicyclic) bond motifs is 1. The smallest absolute Gasteiger partial charge is 0.242 e. The third-order valence-electron chi connectivity index (χ3n) is 3.52. The quantitative estimate of drug-likeness (QED) is 0.581. The molecule has 0 saturated carbocycles. The largest absolute Gasteiger partial charge is 0.397 e. The summed E-state index contributed by atoms with van der Waals surface area (Å²) in [4.78, 5) is 23.0. The molecule has 2 heterocycles. The predicted molar refractivity (Wildman–Crippen MR) is 72.8 cm³/mol. The molecule has 100 valence electrons. The molecule has 1 fully saturated rings. The second-order valence-corrected chi connectivity index (χ2v) is 4.95. The molecule has 0 bridgehead atoms. The Hall–Kier alpha value is -2.24. The minimum Gasteiger partial charge on any atom is -0.397 e. The summed E-state index contributed by atoms with van der Waals surface area (Å²) in [5, 5.41) is 8.75. The summed E-state index contributed by atoms with van der Waals surface area (Å²) in [6, 6.07) is 3.33. The molecule has 1 saturated heterocycles. The maximum absolute atomic E-state index is 11.7. The first-order chi connectivity index (χ1) is 9.13. The monoisotopic (exact) mass is 260 g/mol. The molecule has 0 aromatic heterocycles. The normalized spacial score (nSPS) is 21.6. The van der Waals surface area contributed by atoms with Gasteiger partial charge in [0, 0.05) is 12.2 Å². The molecule has 6 heteroatoms. The number of nitrogen functional groups attached to an aromatic ring is 1. The number of hydrogen-bond donors (Lipinski definition) is 4. The highest BCUT2D eigenvalue weighted by Crippen LogP contribution is 2.32. The number of carbonyl (C=O) groups excluding carboxylic acids is 2. The molecule has 1 aromatic rings. The number of rotatable bonds is 2. The summed E-state index contributed by atoms with van der Waals surface area (Å²) in [6.45, 7) is 0.729. The van der Waals surface area contributed by atoms with Gasteiger partial charge in [0.1, 0.15) is 6.04 Å². The molecule has 2 aliphatic rings. The van der Waals surface area contributed by atoms with Crippen LogP contribution in [0.5, 0.6) is 0 Å². The van der Waals surface area contributed by atoms with Gasteiger partial charge in [-0.3, -0.25) is 9.59 Å². The van der Waals surface area contributed by atoms with E-state index in [1.807, 2.05) is 0 Å². The average Bonchev–Trinajstić information content (AvgIpc) is 2.71. The van der Waals surface area contributed by atoms with Crippen LogP contribution in [0.1, 0.15) is 18.4 Å². The van der Waals surface area contributed by atoms with Crippen molar-refractivity contribution in [2.45, 2.75) is 25.3 Å². The molecule has 19 heavy (non-hydrogen) atoms. The number of anilines is 3. The van der Waals surface area contributed by atoms with Gasteiger partial charge < -0.3 is 21.7 Å². The van der Waals surface area contributed by atoms with Crippen molar-refractivity contribution in [3.8, 4) is 0 Å². The molecule has 0 spiro atoms.